The number of hydrogen-bond acceptors (Lipinski definition) is 2. The number of rotatable bonds is 2. The van der Waals surface area contributed by atoms with E-state index >= 15 is 0 Å². The first-order valence-electron chi connectivity index (χ1n) is 5.73. The van der Waals surface area contributed by atoms with Crippen molar-refractivity contribution in [3.05, 3.63) is 29.8 Å². The Kier molecular flexibility index (Phi) is 3.15. The third kappa shape index (κ3) is 2.19. The zero-order valence-corrected chi connectivity index (χ0v) is 9.58. The number of benzene rings is 1. The second-order valence-corrected chi connectivity index (χ2v) is 4.53. The van der Waals surface area contributed by atoms with Gasteiger partial charge in [0.25, 0.3) is 0 Å². The quantitative estimate of drug-likeness (QED) is 0.836. The van der Waals surface area contributed by atoms with Gasteiger partial charge in [-0.1, -0.05) is 12.1 Å². The summed E-state index contributed by atoms with van der Waals surface area (Å²) in [7, 11) is 1.60. The van der Waals surface area contributed by atoms with Crippen molar-refractivity contribution in [3.8, 4) is 5.75 Å². The highest BCUT2D eigenvalue weighted by Gasteiger charge is 2.36. The molecule has 2 N–H and O–H groups in total. The maximum absolute atomic E-state index is 14.7. The van der Waals surface area contributed by atoms with Crippen LogP contribution in [0.5, 0.6) is 5.75 Å². The van der Waals surface area contributed by atoms with Crippen molar-refractivity contribution in [2.75, 3.05) is 7.11 Å². The van der Waals surface area contributed by atoms with E-state index in [0.29, 0.717) is 18.6 Å². The molecular formula is C13H18FNO. The molecule has 1 aliphatic carbocycles. The van der Waals surface area contributed by atoms with E-state index in [1.807, 2.05) is 18.2 Å². The molecule has 1 aromatic carbocycles. The Hall–Kier alpha value is -1.09. The Morgan fingerprint density at radius 2 is 2.06 bits per heavy atom. The van der Waals surface area contributed by atoms with Crippen LogP contribution in [0.15, 0.2) is 24.3 Å². The molecule has 0 radical (unpaired) electrons. The molecule has 0 atom stereocenters. The molecule has 1 fully saturated rings. The molecule has 0 amide bonds. The van der Waals surface area contributed by atoms with Gasteiger partial charge in [-0.05, 0) is 43.4 Å². The van der Waals surface area contributed by atoms with Crippen LogP contribution in [0.4, 0.5) is 4.39 Å². The van der Waals surface area contributed by atoms with Gasteiger partial charge in [0.05, 0.1) is 7.11 Å². The third-order valence-electron chi connectivity index (χ3n) is 3.41. The summed E-state index contributed by atoms with van der Waals surface area (Å²) in [6, 6.07) is 7.45. The number of ether oxygens (including phenoxy) is 1. The first-order valence-corrected chi connectivity index (χ1v) is 5.73. The molecule has 0 heterocycles. The van der Waals surface area contributed by atoms with Gasteiger partial charge < -0.3 is 10.5 Å². The SMILES string of the molecule is COc1cccc(C2(F)CCC(N)CC2)c1. The van der Waals surface area contributed by atoms with Crippen molar-refractivity contribution in [2.24, 2.45) is 5.73 Å². The summed E-state index contributed by atoms with van der Waals surface area (Å²) < 4.78 is 19.8. The van der Waals surface area contributed by atoms with E-state index in [1.165, 1.54) is 0 Å². The number of hydrogen-bond donors (Lipinski definition) is 1. The second kappa shape index (κ2) is 4.42. The van der Waals surface area contributed by atoms with Crippen LogP contribution < -0.4 is 10.5 Å². The molecule has 0 aromatic heterocycles. The lowest BCUT2D eigenvalue weighted by Crippen LogP contribution is -2.33. The Morgan fingerprint density at radius 3 is 2.69 bits per heavy atom. The molecule has 0 saturated heterocycles. The van der Waals surface area contributed by atoms with Crippen molar-refractivity contribution in [1.82, 2.24) is 0 Å². The minimum atomic E-state index is -1.22. The highest BCUT2D eigenvalue weighted by Crippen LogP contribution is 2.41. The average Bonchev–Trinajstić information content (AvgIpc) is 2.33. The van der Waals surface area contributed by atoms with Gasteiger partial charge in [0.2, 0.25) is 0 Å². The molecule has 16 heavy (non-hydrogen) atoms. The number of nitrogens with two attached hydrogens (primary N) is 1. The van der Waals surface area contributed by atoms with Crippen LogP contribution in [0.3, 0.4) is 0 Å². The van der Waals surface area contributed by atoms with Crippen molar-refractivity contribution < 1.29 is 9.13 Å². The van der Waals surface area contributed by atoms with Crippen LogP contribution in [0.2, 0.25) is 0 Å². The number of alkyl halides is 1. The third-order valence-corrected chi connectivity index (χ3v) is 3.41. The summed E-state index contributed by atoms with van der Waals surface area (Å²) >= 11 is 0. The van der Waals surface area contributed by atoms with Crippen LogP contribution >= 0.6 is 0 Å². The second-order valence-electron chi connectivity index (χ2n) is 4.53. The van der Waals surface area contributed by atoms with Crippen LogP contribution in [0, 0.1) is 0 Å². The van der Waals surface area contributed by atoms with Crippen LogP contribution in [-0.4, -0.2) is 13.2 Å². The summed E-state index contributed by atoms with van der Waals surface area (Å²) in [5, 5.41) is 0. The fourth-order valence-electron chi connectivity index (χ4n) is 2.29. The van der Waals surface area contributed by atoms with Crippen molar-refractivity contribution in [1.29, 1.82) is 0 Å². The predicted molar refractivity (Wildman–Crippen MR) is 62.2 cm³/mol. The summed E-state index contributed by atoms with van der Waals surface area (Å²) in [5.74, 6) is 0.712. The first-order chi connectivity index (χ1) is 7.64. The largest absolute Gasteiger partial charge is 0.497 e. The highest BCUT2D eigenvalue weighted by molar-refractivity contribution is 5.32. The molecule has 0 spiro atoms. The Labute approximate surface area is 95.6 Å². The smallest absolute Gasteiger partial charge is 0.136 e. The first kappa shape index (κ1) is 11.4. The van der Waals surface area contributed by atoms with Crippen LogP contribution in [0.25, 0.3) is 0 Å². The van der Waals surface area contributed by atoms with Crippen LogP contribution in [0.1, 0.15) is 31.2 Å². The standard InChI is InChI=1S/C13H18FNO/c1-16-12-4-2-3-10(9-12)13(14)7-5-11(15)6-8-13/h2-4,9,11H,5-8,15H2,1H3. The Morgan fingerprint density at radius 1 is 1.38 bits per heavy atom. The lowest BCUT2D eigenvalue weighted by molar-refractivity contribution is 0.0976. The zero-order valence-electron chi connectivity index (χ0n) is 9.58. The minimum absolute atomic E-state index is 0.162. The molecule has 0 bridgehead atoms. The lowest BCUT2D eigenvalue weighted by Gasteiger charge is -2.33. The van der Waals surface area contributed by atoms with Gasteiger partial charge in [-0.2, -0.15) is 0 Å². The van der Waals surface area contributed by atoms with E-state index in [1.54, 1.807) is 13.2 Å². The van der Waals surface area contributed by atoms with Crippen molar-refractivity contribution in [3.63, 3.8) is 0 Å². The van der Waals surface area contributed by atoms with Crippen LogP contribution in [-0.2, 0) is 5.67 Å². The van der Waals surface area contributed by atoms with Gasteiger partial charge in [0, 0.05) is 6.04 Å². The van der Waals surface area contributed by atoms with Gasteiger partial charge in [0.15, 0.2) is 0 Å². The van der Waals surface area contributed by atoms with E-state index in [9.17, 15) is 4.39 Å². The highest BCUT2D eigenvalue weighted by atomic mass is 19.1. The lowest BCUT2D eigenvalue weighted by atomic mass is 9.79. The van der Waals surface area contributed by atoms with Gasteiger partial charge in [-0.3, -0.25) is 0 Å². The molecule has 1 aromatic rings. The Bertz CT molecular complexity index is 359. The summed E-state index contributed by atoms with van der Waals surface area (Å²) in [6.45, 7) is 0. The summed E-state index contributed by atoms with van der Waals surface area (Å²) in [6.07, 6.45) is 2.55. The molecule has 0 unspecified atom stereocenters. The van der Waals surface area contributed by atoms with Gasteiger partial charge in [0.1, 0.15) is 11.4 Å². The monoisotopic (exact) mass is 223 g/mol. The molecule has 1 aliphatic rings. The fraction of sp³-hybridized carbons (Fsp3) is 0.538. The molecule has 2 rings (SSSR count). The van der Waals surface area contributed by atoms with Gasteiger partial charge >= 0.3 is 0 Å². The molecule has 3 heteroatoms. The maximum Gasteiger partial charge on any atom is 0.136 e. The van der Waals surface area contributed by atoms with Gasteiger partial charge in [-0.15, -0.1) is 0 Å². The van der Waals surface area contributed by atoms with Crippen molar-refractivity contribution in [2.45, 2.75) is 37.4 Å². The van der Waals surface area contributed by atoms with Crippen molar-refractivity contribution >= 4 is 0 Å². The normalized spacial score (nSPS) is 30.1. The fourth-order valence-corrected chi connectivity index (χ4v) is 2.29. The van der Waals surface area contributed by atoms with Gasteiger partial charge in [-0.25, -0.2) is 4.39 Å². The van der Waals surface area contributed by atoms with E-state index in [0.717, 1.165) is 18.4 Å². The minimum Gasteiger partial charge on any atom is -0.497 e. The Balaban J connectivity index is 2.21. The zero-order chi connectivity index (χ0) is 11.6. The number of halogens is 1. The summed E-state index contributed by atoms with van der Waals surface area (Å²) in [4.78, 5) is 0. The molecule has 1 saturated carbocycles. The molecular weight excluding hydrogens is 205 g/mol. The van der Waals surface area contributed by atoms with E-state index in [-0.39, 0.29) is 6.04 Å². The van der Waals surface area contributed by atoms with E-state index < -0.39 is 5.67 Å². The topological polar surface area (TPSA) is 35.2 Å². The predicted octanol–water partition coefficient (Wildman–Crippen LogP) is 2.76. The molecule has 88 valence electrons. The summed E-state index contributed by atoms with van der Waals surface area (Å²) in [5.41, 5.74) is 5.30. The number of methoxy groups -OCH3 is 1. The molecule has 0 aliphatic heterocycles. The molecule has 2 nitrogen and oxygen atoms in total. The maximum atomic E-state index is 14.7. The van der Waals surface area contributed by atoms with E-state index in [2.05, 4.69) is 0 Å². The average molecular weight is 223 g/mol. The van der Waals surface area contributed by atoms with E-state index in [4.69, 9.17) is 10.5 Å².